The molecule has 0 spiro atoms. The van der Waals surface area contributed by atoms with Crippen molar-refractivity contribution >= 4 is 0 Å². The minimum Gasteiger partial charge on any atom is -0.487 e. The highest BCUT2D eigenvalue weighted by molar-refractivity contribution is 5.28. The molecule has 6 heteroatoms. The van der Waals surface area contributed by atoms with Gasteiger partial charge >= 0.3 is 0 Å². The first-order chi connectivity index (χ1) is 13.6. The number of nitrogens with zero attached hydrogens (tertiary/aromatic N) is 3. The number of halogens is 1. The van der Waals surface area contributed by atoms with Gasteiger partial charge in [0.1, 0.15) is 29.4 Å². The Balaban J connectivity index is 1.54. The van der Waals surface area contributed by atoms with Crippen molar-refractivity contribution in [2.45, 2.75) is 49.8 Å². The van der Waals surface area contributed by atoms with E-state index in [9.17, 15) is 4.39 Å². The van der Waals surface area contributed by atoms with Crippen LogP contribution in [0.5, 0.6) is 5.75 Å². The molecule has 146 valence electrons. The van der Waals surface area contributed by atoms with Gasteiger partial charge in [0.05, 0.1) is 6.20 Å². The molecule has 2 N–H and O–H groups in total. The van der Waals surface area contributed by atoms with Crippen LogP contribution in [0, 0.1) is 17.1 Å². The molecular formula is C22H25FN4O. The molecule has 1 aliphatic heterocycles. The number of benzene rings is 1. The summed E-state index contributed by atoms with van der Waals surface area (Å²) in [6.07, 6.45) is 5.62. The molecule has 2 aliphatic rings. The minimum absolute atomic E-state index is 0.00934. The predicted molar refractivity (Wildman–Crippen MR) is 104 cm³/mol. The minimum atomic E-state index is -0.211. The number of rotatable bonds is 4. The monoisotopic (exact) mass is 380 g/mol. The first kappa shape index (κ1) is 18.9. The van der Waals surface area contributed by atoms with Crippen molar-refractivity contribution < 1.29 is 9.13 Å². The van der Waals surface area contributed by atoms with Crippen LogP contribution in [-0.4, -0.2) is 41.2 Å². The average Bonchev–Trinajstić information content (AvgIpc) is 3.13. The number of ether oxygens (including phenoxy) is 1. The largest absolute Gasteiger partial charge is 0.487 e. The van der Waals surface area contributed by atoms with E-state index < -0.39 is 0 Å². The number of aromatic nitrogens is 1. The van der Waals surface area contributed by atoms with Crippen LogP contribution >= 0.6 is 0 Å². The number of hydrogen-bond acceptors (Lipinski definition) is 5. The Morgan fingerprint density at radius 2 is 2.00 bits per heavy atom. The van der Waals surface area contributed by atoms with E-state index in [1.807, 2.05) is 18.2 Å². The Kier molecular flexibility index (Phi) is 5.56. The molecule has 0 radical (unpaired) electrons. The van der Waals surface area contributed by atoms with Crippen LogP contribution in [0.4, 0.5) is 4.39 Å². The van der Waals surface area contributed by atoms with E-state index in [2.05, 4.69) is 9.88 Å². The fraction of sp³-hybridized carbons (Fsp3) is 0.455. The standard InChI is InChI=1S/C22H25FN4O/c23-17-5-3-15(4-6-17)16-10-21(27-9-1-2-18(25)14-27)22(11-16)28-20-8-7-19(12-24)26-13-20/h3-8,13,16,18,21-22H,1-2,9-11,14,25H2. The number of pyridine rings is 1. The number of nitriles is 1. The van der Waals surface area contributed by atoms with Gasteiger partial charge in [-0.1, -0.05) is 12.1 Å². The Bertz CT molecular complexity index is 833. The Morgan fingerprint density at radius 1 is 1.18 bits per heavy atom. The van der Waals surface area contributed by atoms with Crippen LogP contribution in [-0.2, 0) is 0 Å². The highest BCUT2D eigenvalue weighted by atomic mass is 19.1. The van der Waals surface area contributed by atoms with Gasteiger partial charge in [0, 0.05) is 18.6 Å². The van der Waals surface area contributed by atoms with Gasteiger partial charge in [-0.05, 0) is 68.0 Å². The second-order valence-electron chi connectivity index (χ2n) is 7.83. The van der Waals surface area contributed by atoms with Crippen molar-refractivity contribution in [1.82, 2.24) is 9.88 Å². The van der Waals surface area contributed by atoms with Gasteiger partial charge in [-0.25, -0.2) is 9.37 Å². The summed E-state index contributed by atoms with van der Waals surface area (Å²) in [4.78, 5) is 6.57. The molecule has 4 unspecified atom stereocenters. The zero-order valence-corrected chi connectivity index (χ0v) is 15.8. The lowest BCUT2D eigenvalue weighted by Gasteiger charge is -2.38. The third-order valence-electron chi connectivity index (χ3n) is 5.91. The van der Waals surface area contributed by atoms with E-state index in [0.29, 0.717) is 17.4 Å². The Labute approximate surface area is 164 Å². The maximum absolute atomic E-state index is 13.3. The fourth-order valence-electron chi connectivity index (χ4n) is 4.53. The van der Waals surface area contributed by atoms with Gasteiger partial charge in [-0.2, -0.15) is 5.26 Å². The lowest BCUT2D eigenvalue weighted by molar-refractivity contribution is 0.0680. The van der Waals surface area contributed by atoms with Crippen LogP contribution < -0.4 is 10.5 Å². The summed E-state index contributed by atoms with van der Waals surface area (Å²) in [6, 6.07) is 12.8. The highest BCUT2D eigenvalue weighted by Crippen LogP contribution is 2.40. The molecule has 1 saturated heterocycles. The van der Waals surface area contributed by atoms with Gasteiger partial charge in [-0.3, -0.25) is 4.90 Å². The summed E-state index contributed by atoms with van der Waals surface area (Å²) >= 11 is 0. The zero-order valence-electron chi connectivity index (χ0n) is 15.8. The summed E-state index contributed by atoms with van der Waals surface area (Å²) < 4.78 is 19.7. The van der Waals surface area contributed by atoms with Gasteiger partial charge < -0.3 is 10.5 Å². The molecule has 0 amide bonds. The van der Waals surface area contributed by atoms with E-state index in [-0.39, 0.29) is 24.0 Å². The summed E-state index contributed by atoms with van der Waals surface area (Å²) in [5, 5.41) is 8.93. The topological polar surface area (TPSA) is 75.2 Å². The highest BCUT2D eigenvalue weighted by Gasteiger charge is 2.41. The molecule has 2 heterocycles. The van der Waals surface area contributed by atoms with Crippen molar-refractivity contribution in [3.8, 4) is 11.8 Å². The Morgan fingerprint density at radius 3 is 2.68 bits per heavy atom. The lowest BCUT2D eigenvalue weighted by Crippen LogP contribution is -2.51. The number of nitrogens with two attached hydrogens (primary N) is 1. The van der Waals surface area contributed by atoms with Crippen LogP contribution in [0.25, 0.3) is 0 Å². The molecule has 1 aromatic carbocycles. The number of likely N-dealkylation sites (tertiary alicyclic amines) is 1. The molecule has 0 bridgehead atoms. The predicted octanol–water partition coefficient (Wildman–Crippen LogP) is 3.21. The molecule has 2 fully saturated rings. The van der Waals surface area contributed by atoms with E-state index >= 15 is 0 Å². The van der Waals surface area contributed by atoms with Gasteiger partial charge in [0.2, 0.25) is 0 Å². The summed E-state index contributed by atoms with van der Waals surface area (Å²) in [5.74, 6) is 0.784. The Hall–Kier alpha value is -2.49. The van der Waals surface area contributed by atoms with Crippen molar-refractivity contribution in [3.63, 3.8) is 0 Å². The summed E-state index contributed by atoms with van der Waals surface area (Å²) in [5.41, 5.74) is 7.75. The normalized spacial score (nSPS) is 28.0. The first-order valence-electron chi connectivity index (χ1n) is 9.90. The maximum Gasteiger partial charge on any atom is 0.140 e. The SMILES string of the molecule is N#Cc1ccc(OC2CC(c3ccc(F)cc3)CC2N2CCCC(N)C2)cn1. The molecular weight excluding hydrogens is 355 g/mol. The third kappa shape index (κ3) is 4.16. The van der Waals surface area contributed by atoms with Gasteiger partial charge in [0.15, 0.2) is 0 Å². The van der Waals surface area contributed by atoms with Gasteiger partial charge in [-0.15, -0.1) is 0 Å². The molecule has 28 heavy (non-hydrogen) atoms. The average molecular weight is 380 g/mol. The smallest absolute Gasteiger partial charge is 0.140 e. The van der Waals surface area contributed by atoms with E-state index in [0.717, 1.165) is 44.3 Å². The quantitative estimate of drug-likeness (QED) is 0.882. The second kappa shape index (κ2) is 8.26. The second-order valence-corrected chi connectivity index (χ2v) is 7.83. The van der Waals surface area contributed by atoms with Crippen molar-refractivity contribution in [2.75, 3.05) is 13.1 Å². The molecule has 5 nitrogen and oxygen atoms in total. The van der Waals surface area contributed by atoms with Crippen molar-refractivity contribution in [3.05, 3.63) is 59.7 Å². The lowest BCUT2D eigenvalue weighted by atomic mass is 9.97. The zero-order chi connectivity index (χ0) is 19.5. The first-order valence-corrected chi connectivity index (χ1v) is 9.90. The molecule has 4 atom stereocenters. The van der Waals surface area contributed by atoms with Gasteiger partial charge in [0.25, 0.3) is 0 Å². The van der Waals surface area contributed by atoms with Crippen LogP contribution in [0.2, 0.25) is 0 Å². The van der Waals surface area contributed by atoms with Crippen molar-refractivity contribution in [2.24, 2.45) is 5.73 Å². The third-order valence-corrected chi connectivity index (χ3v) is 5.91. The molecule has 2 aromatic rings. The molecule has 4 rings (SSSR count). The molecule has 1 saturated carbocycles. The number of piperidine rings is 1. The van der Waals surface area contributed by atoms with Crippen LogP contribution in [0.15, 0.2) is 42.6 Å². The maximum atomic E-state index is 13.3. The number of hydrogen-bond donors (Lipinski definition) is 1. The molecule has 1 aromatic heterocycles. The fourth-order valence-corrected chi connectivity index (χ4v) is 4.53. The summed E-state index contributed by atoms with van der Waals surface area (Å²) in [6.45, 7) is 1.91. The molecule has 1 aliphatic carbocycles. The van der Waals surface area contributed by atoms with E-state index in [1.54, 1.807) is 18.3 Å². The van der Waals surface area contributed by atoms with Crippen LogP contribution in [0.1, 0.15) is 42.9 Å². The summed E-state index contributed by atoms with van der Waals surface area (Å²) in [7, 11) is 0. The van der Waals surface area contributed by atoms with E-state index in [1.165, 1.54) is 12.1 Å². The van der Waals surface area contributed by atoms with E-state index in [4.69, 9.17) is 15.7 Å². The van der Waals surface area contributed by atoms with Crippen LogP contribution in [0.3, 0.4) is 0 Å². The van der Waals surface area contributed by atoms with Crippen molar-refractivity contribution in [1.29, 1.82) is 5.26 Å².